The molecule has 48 heteroatoms. The lowest BCUT2D eigenvalue weighted by atomic mass is 9.96. The first-order chi connectivity index (χ1) is 59.9. The van der Waals surface area contributed by atoms with Crippen LogP contribution in [0, 0.1) is 23.2 Å². The number of rotatable bonds is 46. The molecule has 0 aromatic heterocycles. The fourth-order valence-electron chi connectivity index (χ4n) is 9.49. The molecule has 1 heterocycles. The Balaban J connectivity index is 0. The lowest BCUT2D eigenvalue weighted by Crippen LogP contribution is -2.52. The van der Waals surface area contributed by atoms with Crippen molar-refractivity contribution in [3.8, 4) is 5.75 Å². The Morgan fingerprint density at radius 3 is 1.05 bits per heavy atom. The third kappa shape index (κ3) is 53.1. The van der Waals surface area contributed by atoms with E-state index in [2.05, 4.69) is 32.6 Å². The minimum Gasteiger partial charge on any atom is -0.508 e. The van der Waals surface area contributed by atoms with Crippen molar-refractivity contribution in [1.29, 1.82) is 0 Å². The van der Waals surface area contributed by atoms with E-state index in [0.29, 0.717) is 29.5 Å². The van der Waals surface area contributed by atoms with Gasteiger partial charge in [0, 0.05) is 62.9 Å². The number of amides is 4. The number of carbonyl (C=O) groups excluding carboxylic acids is 5. The van der Waals surface area contributed by atoms with Crippen LogP contribution in [0.15, 0.2) is 128 Å². The highest BCUT2D eigenvalue weighted by Crippen LogP contribution is 2.46. The van der Waals surface area contributed by atoms with Gasteiger partial charge in [-0.25, -0.2) is 24.0 Å². The number of alkyl carbamates (subject to hydrolysis) is 2. The summed E-state index contributed by atoms with van der Waals surface area (Å²) in [5.74, 6) is -22.9. The molecule has 128 heavy (non-hydrogen) atoms. The van der Waals surface area contributed by atoms with Gasteiger partial charge in [-0.05, 0) is 85.3 Å². The van der Waals surface area contributed by atoms with E-state index >= 15 is 0 Å². The molecule has 45 nitrogen and oxygen atoms in total. The Morgan fingerprint density at radius 1 is 0.445 bits per heavy atom. The lowest BCUT2D eigenvalue weighted by Gasteiger charge is -2.21. The maximum Gasteiger partial charge on any atom is 0.408 e. The maximum absolute atomic E-state index is 12.6. The highest BCUT2D eigenvalue weighted by Gasteiger charge is 2.57. The number of halogens is 1. The number of allylic oxidation sites excluding steroid dienone is 1. The van der Waals surface area contributed by atoms with Crippen molar-refractivity contribution >= 4 is 159 Å². The van der Waals surface area contributed by atoms with Crippen LogP contribution in [0.25, 0.3) is 0 Å². The van der Waals surface area contributed by atoms with Crippen LogP contribution in [0.3, 0.4) is 0 Å². The van der Waals surface area contributed by atoms with E-state index in [9.17, 15) is 116 Å². The number of aliphatic carboxylic acids is 16. The molecule has 1 aliphatic carbocycles. The number of alkyl halides is 1. The number of benzene rings is 4. The average molecular weight is 1870 g/mol. The molecule has 4 amide bonds. The van der Waals surface area contributed by atoms with Gasteiger partial charge >= 0.3 is 114 Å². The molecule has 0 radical (unpaired) electrons. The normalized spacial score (nSPS) is 13.8. The van der Waals surface area contributed by atoms with Gasteiger partial charge in [0.05, 0.1) is 12.8 Å². The summed E-state index contributed by atoms with van der Waals surface area (Å²) in [6, 6.07) is 27.0. The first-order valence-corrected chi connectivity index (χ1v) is 40.5. The molecule has 704 valence electrons. The van der Waals surface area contributed by atoms with Gasteiger partial charge in [0.2, 0.25) is 17.4 Å². The standard InChI is InChI=1S/C22H24N2O8.C22H24N2O7.C8H14O4S2.C7H8O6.C6H10O4.C6H8O4.C5H6O4.C4H5ClO4/c25-16-8-6-14(7-9-16)12-18(21(29)30)23-20(28)17(10-11-19(26)27)24-22(31)32-13-15-4-2-1-3-5-15;25-19(26)12-11-17(24-22(30)31-14-16-9-5-2-6-10-16)20(27)23-18(21(28)29)13-15-7-3-1-4-8-15;9-7(10)3-1-5-13-14-6-2-4-8(11)12;8-4(9)3-7(6(11)12)2-1-5(10)13-7;1-3(2)4(5(7)8)6(9)10;1-2-3-4(5(7)8)6(9)10;6-3(7)5(1-2-5)4(8)9;5-2(4(8)9)1-3(6)7/h1-9,17-18,25H,10-13H2,(H,23,28)(H,24,31)(H,26,27)(H,29,30);1-10,17-18H,11-14H2,(H,23,27)(H,24,30)(H,25,26)(H,28,29);1-6H2,(H,9,10)(H,11,12);1-3H2,(H,8,9)(H,11,12);3-4H,1-2H3,(H,7,8)(H,9,10);2,4H,1,3H2,(H,7,8)(H,9,10);1-2H2,(H,6,7)(H,8,9);2H,1H2,(H,6,7)(H,8,9)/t2*17-,18-;;;;;;2-/m00.....1/s1. The van der Waals surface area contributed by atoms with E-state index in [1.807, 2.05) is 6.07 Å². The van der Waals surface area contributed by atoms with E-state index in [1.54, 1.807) is 120 Å². The highest BCUT2D eigenvalue weighted by atomic mass is 35.5. The first-order valence-electron chi connectivity index (χ1n) is 37.6. The van der Waals surface area contributed by atoms with Gasteiger partial charge < -0.3 is 122 Å². The van der Waals surface area contributed by atoms with E-state index in [1.165, 1.54) is 30.3 Å². The molecule has 2 fully saturated rings. The summed E-state index contributed by atoms with van der Waals surface area (Å²) in [6.45, 7) is 6.27. The molecular weight excluding hydrogens is 1770 g/mol. The molecule has 6 rings (SSSR count). The van der Waals surface area contributed by atoms with E-state index in [4.69, 9.17) is 92.6 Å². The van der Waals surface area contributed by atoms with E-state index in [0.717, 1.165) is 17.1 Å². The second-order valence-corrected chi connectivity index (χ2v) is 30.2. The maximum atomic E-state index is 12.6. The summed E-state index contributed by atoms with van der Waals surface area (Å²) >= 11 is 5.03. The summed E-state index contributed by atoms with van der Waals surface area (Å²) < 4.78 is 14.6. The minimum atomic E-state index is -1.84. The average Bonchev–Trinajstić information content (AvgIpc) is 1.62. The van der Waals surface area contributed by atoms with Crippen molar-refractivity contribution < 1.29 is 202 Å². The molecule has 21 N–H and O–H groups in total. The summed E-state index contributed by atoms with van der Waals surface area (Å²) in [4.78, 5) is 227. The number of carboxylic acid groups (broad SMARTS) is 16. The monoisotopic (exact) mass is 1870 g/mol. The number of phenols is 1. The second-order valence-electron chi connectivity index (χ2n) is 27.0. The van der Waals surface area contributed by atoms with Crippen LogP contribution < -0.4 is 21.3 Å². The number of ether oxygens (including phenoxy) is 3. The highest BCUT2D eigenvalue weighted by molar-refractivity contribution is 8.76. The molecule has 0 spiro atoms. The fraction of sp³-hybridized carbons (Fsp3) is 0.412. The molecular formula is C80H99ClN4O41S2. The molecule has 4 aromatic rings. The van der Waals surface area contributed by atoms with Gasteiger partial charge in [-0.3, -0.25) is 76.7 Å². The van der Waals surface area contributed by atoms with Gasteiger partial charge in [0.15, 0.2) is 17.3 Å². The molecule has 1 unspecified atom stereocenters. The molecule has 1 saturated carbocycles. The summed E-state index contributed by atoms with van der Waals surface area (Å²) in [6.07, 6.45) is -0.993. The van der Waals surface area contributed by atoms with Crippen molar-refractivity contribution in [3.63, 3.8) is 0 Å². The fourth-order valence-corrected chi connectivity index (χ4v) is 11.8. The molecule has 1 saturated heterocycles. The van der Waals surface area contributed by atoms with Crippen molar-refractivity contribution in [3.05, 3.63) is 150 Å². The SMILES string of the molecule is C=CCC(C(=O)O)C(=O)O.CC(C)C(C(=O)O)C(=O)O.O=C(O)C1(C(=O)O)CC1.O=C(O)CC1(C(=O)O)CCC(=O)O1.O=C(O)CCCSSCCCC(=O)O.O=C(O)CC[C@H](NC(=O)OCc1ccccc1)C(=O)N[C@@H](Cc1ccc(O)cc1)C(=O)O.O=C(O)CC[C@H](NC(=O)OCc1ccccc1)C(=O)N[C@@H](Cc1ccccc1)C(=O)O.O=C(O)C[C@@H](Cl)C(=O)O. The van der Waals surface area contributed by atoms with Crippen LogP contribution in [0.4, 0.5) is 9.59 Å². The van der Waals surface area contributed by atoms with Crippen molar-refractivity contribution in [2.75, 3.05) is 11.5 Å². The number of hydrogen-bond acceptors (Lipinski definition) is 27. The van der Waals surface area contributed by atoms with Crippen LogP contribution in [0.2, 0.25) is 0 Å². The smallest absolute Gasteiger partial charge is 0.408 e. The third-order valence-corrected chi connectivity index (χ3v) is 19.3. The third-order valence-electron chi connectivity index (χ3n) is 16.4. The number of carboxylic acids is 16. The predicted octanol–water partition coefficient (Wildman–Crippen LogP) is 6.21. The number of esters is 1. The Bertz CT molecular complexity index is 4300. The number of nitrogens with one attached hydrogen (secondary N) is 4. The van der Waals surface area contributed by atoms with E-state index < -0.39 is 204 Å². The predicted molar refractivity (Wildman–Crippen MR) is 442 cm³/mol. The van der Waals surface area contributed by atoms with Crippen LogP contribution in [0.1, 0.15) is 132 Å². The first kappa shape index (κ1) is 116. The number of carbonyl (C=O) groups is 21. The van der Waals surface area contributed by atoms with Crippen LogP contribution in [-0.2, 0) is 131 Å². The number of hydrogen-bond donors (Lipinski definition) is 21. The van der Waals surface area contributed by atoms with Gasteiger partial charge in [0.1, 0.15) is 48.5 Å². The molecule has 2 aliphatic rings. The van der Waals surface area contributed by atoms with Gasteiger partial charge in [-0.2, -0.15) is 0 Å². The Labute approximate surface area is 740 Å². The summed E-state index contributed by atoms with van der Waals surface area (Å²) in [5.41, 5.74) is -0.560. The van der Waals surface area contributed by atoms with Crippen LogP contribution in [-0.4, -0.2) is 259 Å². The van der Waals surface area contributed by atoms with Gasteiger partial charge in [0.25, 0.3) is 0 Å². The Hall–Kier alpha value is -14.1. The van der Waals surface area contributed by atoms with Crippen molar-refractivity contribution in [1.82, 2.24) is 21.3 Å². The molecule has 1 aliphatic heterocycles. The van der Waals surface area contributed by atoms with Crippen LogP contribution >= 0.6 is 33.2 Å². The second kappa shape index (κ2) is 62.9. The largest absolute Gasteiger partial charge is 0.508 e. The quantitative estimate of drug-likeness (QED) is 0.00445. The van der Waals surface area contributed by atoms with Crippen molar-refractivity contribution in [2.24, 2.45) is 23.2 Å². The zero-order chi connectivity index (χ0) is 98.0. The minimum absolute atomic E-state index is 0.0108. The van der Waals surface area contributed by atoms with Gasteiger partial charge in [-0.15, -0.1) is 18.2 Å². The van der Waals surface area contributed by atoms with Crippen molar-refractivity contribution in [2.45, 2.75) is 171 Å². The zero-order valence-corrected chi connectivity index (χ0v) is 70.7. The Kier molecular flexibility index (Phi) is 57.0. The lowest BCUT2D eigenvalue weighted by molar-refractivity contribution is -0.173. The van der Waals surface area contributed by atoms with Crippen LogP contribution in [0.5, 0.6) is 5.75 Å². The molecule has 4 aromatic carbocycles. The molecule has 6 atom stereocenters. The number of phenolic OH excluding ortho intramolecular Hbond substituents is 1. The van der Waals surface area contributed by atoms with Gasteiger partial charge in [-0.1, -0.05) is 145 Å². The zero-order valence-electron chi connectivity index (χ0n) is 68.3. The number of aromatic hydroxyl groups is 1. The Morgan fingerprint density at radius 2 is 0.812 bits per heavy atom. The molecule has 0 bridgehead atoms. The number of cyclic esters (lactones) is 1. The summed E-state index contributed by atoms with van der Waals surface area (Å²) in [7, 11) is 3.21. The topological polar surface area (TPSA) is 778 Å². The van der Waals surface area contributed by atoms with E-state index in [-0.39, 0.29) is 95.5 Å². The summed E-state index contributed by atoms with van der Waals surface area (Å²) in [5, 5.41) is 154.